The number of amides is 1. The highest BCUT2D eigenvalue weighted by Crippen LogP contribution is 2.34. The first-order valence-electron chi connectivity index (χ1n) is 7.57. The van der Waals surface area contributed by atoms with E-state index in [2.05, 4.69) is 16.0 Å². The molecule has 6 nitrogen and oxygen atoms in total. The molecule has 2 aliphatic heterocycles. The smallest absolute Gasteiger partial charge is 0.287 e. The molecule has 1 aromatic rings. The molecule has 0 radical (unpaired) electrons. The van der Waals surface area contributed by atoms with Crippen molar-refractivity contribution < 1.29 is 18.7 Å². The number of nitrogens with zero attached hydrogens (tertiary/aromatic N) is 2. The number of carbonyl (C=O) groups excluding carboxylic acids is 1. The van der Waals surface area contributed by atoms with Crippen molar-refractivity contribution in [3.63, 3.8) is 0 Å². The number of hydrazine groups is 1. The fraction of sp³-hybridized carbons (Fsp3) is 0.467. The van der Waals surface area contributed by atoms with Crippen molar-refractivity contribution in [2.45, 2.75) is 44.0 Å². The third kappa shape index (κ3) is 3.37. The van der Waals surface area contributed by atoms with Gasteiger partial charge >= 0.3 is 0 Å². The first kappa shape index (κ1) is 18.5. The second-order valence-electron chi connectivity index (χ2n) is 6.14. The molecule has 1 fully saturated rings. The molecule has 1 aromatic carbocycles. The van der Waals surface area contributed by atoms with Crippen LogP contribution in [-0.4, -0.2) is 39.9 Å². The van der Waals surface area contributed by atoms with Crippen LogP contribution >= 0.6 is 23.2 Å². The maximum atomic E-state index is 13.2. The molecule has 0 aromatic heterocycles. The molecule has 2 aliphatic rings. The summed E-state index contributed by atoms with van der Waals surface area (Å²) in [6, 6.07) is 3.98. The van der Waals surface area contributed by atoms with Crippen LogP contribution in [0.5, 0.6) is 0 Å². The van der Waals surface area contributed by atoms with Crippen LogP contribution in [0.15, 0.2) is 23.3 Å². The monoisotopic (exact) mass is 392 g/mol. The number of carbonyl (C=O) groups is 1. The minimum atomic E-state index is -3.13. The third-order valence-corrected chi connectivity index (χ3v) is 5.00. The SMILES string of the molecule is CC1=NN(C(=O)C2CC(c3ccc(Cl)c(Cl)c3)NN2)C(O)(C(F)F)C1. The highest BCUT2D eigenvalue weighted by molar-refractivity contribution is 6.42. The minimum absolute atomic E-state index is 0.267. The lowest BCUT2D eigenvalue weighted by molar-refractivity contribution is -0.193. The van der Waals surface area contributed by atoms with Crippen molar-refractivity contribution in [3.8, 4) is 0 Å². The van der Waals surface area contributed by atoms with Gasteiger partial charge in [-0.3, -0.25) is 4.79 Å². The summed E-state index contributed by atoms with van der Waals surface area (Å²) in [7, 11) is 0. The van der Waals surface area contributed by atoms with Gasteiger partial charge in [0.25, 0.3) is 12.3 Å². The molecule has 1 amide bonds. The molecule has 0 spiro atoms. The zero-order valence-electron chi connectivity index (χ0n) is 13.1. The normalized spacial score (nSPS) is 29.4. The quantitative estimate of drug-likeness (QED) is 0.738. The van der Waals surface area contributed by atoms with E-state index in [1.165, 1.54) is 6.92 Å². The van der Waals surface area contributed by atoms with E-state index in [0.717, 1.165) is 5.56 Å². The zero-order chi connectivity index (χ0) is 18.4. The van der Waals surface area contributed by atoms with Gasteiger partial charge < -0.3 is 5.11 Å². The predicted molar refractivity (Wildman–Crippen MR) is 89.4 cm³/mol. The fourth-order valence-corrected chi connectivity index (χ4v) is 3.27. The molecule has 10 heteroatoms. The maximum Gasteiger partial charge on any atom is 0.287 e. The number of alkyl halides is 2. The summed E-state index contributed by atoms with van der Waals surface area (Å²) in [5.41, 5.74) is 4.14. The Hall–Kier alpha value is -1.32. The second kappa shape index (κ2) is 6.77. The molecule has 1 saturated heterocycles. The Morgan fingerprint density at radius 1 is 1.40 bits per heavy atom. The largest absolute Gasteiger partial charge is 0.364 e. The highest BCUT2D eigenvalue weighted by atomic mass is 35.5. The van der Waals surface area contributed by atoms with Gasteiger partial charge in [-0.05, 0) is 31.0 Å². The predicted octanol–water partition coefficient (Wildman–Crippen LogP) is 2.46. The van der Waals surface area contributed by atoms with Gasteiger partial charge in [0.2, 0.25) is 5.72 Å². The van der Waals surface area contributed by atoms with Gasteiger partial charge in [0.1, 0.15) is 6.04 Å². The lowest BCUT2D eigenvalue weighted by Gasteiger charge is -2.31. The number of nitrogens with one attached hydrogen (secondary N) is 2. The molecule has 136 valence electrons. The number of rotatable bonds is 3. The molecule has 0 saturated carbocycles. The van der Waals surface area contributed by atoms with Gasteiger partial charge in [-0.2, -0.15) is 10.1 Å². The molecule has 3 rings (SSSR count). The van der Waals surface area contributed by atoms with Crippen LogP contribution in [0, 0.1) is 0 Å². The zero-order valence-corrected chi connectivity index (χ0v) is 14.7. The lowest BCUT2D eigenvalue weighted by atomic mass is 10.0. The summed E-state index contributed by atoms with van der Waals surface area (Å²) in [4.78, 5) is 12.6. The Bertz CT molecular complexity index is 733. The van der Waals surface area contributed by atoms with Gasteiger partial charge in [-0.25, -0.2) is 19.6 Å². The maximum absolute atomic E-state index is 13.2. The average Bonchev–Trinajstić information content (AvgIpc) is 3.15. The van der Waals surface area contributed by atoms with Crippen LogP contribution in [0.25, 0.3) is 0 Å². The van der Waals surface area contributed by atoms with Crippen molar-refractivity contribution in [2.24, 2.45) is 5.10 Å². The van der Waals surface area contributed by atoms with Crippen LogP contribution in [0.3, 0.4) is 0 Å². The van der Waals surface area contributed by atoms with Gasteiger partial charge in [0, 0.05) is 18.2 Å². The van der Waals surface area contributed by atoms with Crippen LogP contribution in [0.2, 0.25) is 10.0 Å². The molecule has 3 unspecified atom stereocenters. The van der Waals surface area contributed by atoms with E-state index in [0.29, 0.717) is 15.1 Å². The van der Waals surface area contributed by atoms with Crippen molar-refractivity contribution in [1.82, 2.24) is 15.9 Å². The van der Waals surface area contributed by atoms with E-state index in [-0.39, 0.29) is 24.6 Å². The number of aliphatic hydroxyl groups is 1. The van der Waals surface area contributed by atoms with Crippen LogP contribution < -0.4 is 10.9 Å². The number of hydrazone groups is 1. The van der Waals surface area contributed by atoms with Gasteiger partial charge in [-0.1, -0.05) is 29.3 Å². The van der Waals surface area contributed by atoms with E-state index in [4.69, 9.17) is 23.2 Å². The fourth-order valence-electron chi connectivity index (χ4n) is 2.97. The molecular weight excluding hydrogens is 377 g/mol. The molecule has 2 heterocycles. The number of halogens is 4. The summed E-state index contributed by atoms with van der Waals surface area (Å²) in [6.07, 6.45) is -3.23. The molecule has 0 bridgehead atoms. The standard InChI is InChI=1S/C15H16Cl2F2N4O2/c1-7-6-15(25,14(18)19)23(22-7)13(24)12-5-11(20-21-12)8-2-3-9(16)10(17)4-8/h2-4,11-12,14,20-21,25H,5-6H2,1H3. The average molecular weight is 393 g/mol. The van der Waals surface area contributed by atoms with E-state index >= 15 is 0 Å². The third-order valence-electron chi connectivity index (χ3n) is 4.26. The van der Waals surface area contributed by atoms with Crippen molar-refractivity contribution in [1.29, 1.82) is 0 Å². The molecule has 3 atom stereocenters. The Labute approximate surface area is 152 Å². The topological polar surface area (TPSA) is 77.0 Å². The van der Waals surface area contributed by atoms with Gasteiger partial charge in [-0.15, -0.1) is 0 Å². The molecule has 25 heavy (non-hydrogen) atoms. The first-order valence-corrected chi connectivity index (χ1v) is 8.32. The van der Waals surface area contributed by atoms with Crippen molar-refractivity contribution in [2.75, 3.05) is 0 Å². The summed E-state index contributed by atoms with van der Waals surface area (Å²) in [6.45, 7) is 1.49. The van der Waals surface area contributed by atoms with Crippen LogP contribution in [0.4, 0.5) is 8.78 Å². The number of hydrogen-bond acceptors (Lipinski definition) is 5. The Kier molecular flexibility index (Phi) is 5.00. The Morgan fingerprint density at radius 3 is 2.76 bits per heavy atom. The summed E-state index contributed by atoms with van der Waals surface area (Å²) < 4.78 is 26.5. The lowest BCUT2D eigenvalue weighted by Crippen LogP contribution is -2.56. The van der Waals surface area contributed by atoms with E-state index in [1.54, 1.807) is 18.2 Å². The molecular formula is C15H16Cl2F2N4O2. The van der Waals surface area contributed by atoms with Crippen molar-refractivity contribution in [3.05, 3.63) is 33.8 Å². The number of hydrogen-bond donors (Lipinski definition) is 3. The van der Waals surface area contributed by atoms with E-state index in [9.17, 15) is 18.7 Å². The Balaban J connectivity index is 1.75. The minimum Gasteiger partial charge on any atom is -0.364 e. The molecule has 0 aliphatic carbocycles. The van der Waals surface area contributed by atoms with Crippen molar-refractivity contribution >= 4 is 34.8 Å². The summed E-state index contributed by atoms with van der Waals surface area (Å²) in [5, 5.41) is 15.2. The number of benzene rings is 1. The summed E-state index contributed by atoms with van der Waals surface area (Å²) in [5.74, 6) is -0.727. The first-order chi connectivity index (χ1) is 11.7. The van der Waals surface area contributed by atoms with E-state index < -0.39 is 24.1 Å². The van der Waals surface area contributed by atoms with Gasteiger partial charge in [0.05, 0.1) is 10.0 Å². The van der Waals surface area contributed by atoms with E-state index in [1.807, 2.05) is 0 Å². The van der Waals surface area contributed by atoms with Crippen LogP contribution in [0.1, 0.15) is 31.4 Å². The Morgan fingerprint density at radius 2 is 2.12 bits per heavy atom. The van der Waals surface area contributed by atoms with Crippen LogP contribution in [-0.2, 0) is 4.79 Å². The molecule has 3 N–H and O–H groups in total. The van der Waals surface area contributed by atoms with Gasteiger partial charge in [0.15, 0.2) is 0 Å². The summed E-state index contributed by atoms with van der Waals surface area (Å²) >= 11 is 11.9. The highest BCUT2D eigenvalue weighted by Gasteiger charge is 2.52. The second-order valence-corrected chi connectivity index (χ2v) is 6.96.